The van der Waals surface area contributed by atoms with Crippen molar-refractivity contribution < 1.29 is 18.0 Å². The number of hydrogen-bond donors (Lipinski definition) is 3. The molecule has 0 saturated heterocycles. The van der Waals surface area contributed by atoms with E-state index in [0.717, 1.165) is 11.1 Å². The van der Waals surface area contributed by atoms with E-state index in [4.69, 9.17) is 11.6 Å². The summed E-state index contributed by atoms with van der Waals surface area (Å²) in [6.45, 7) is 3.72. The van der Waals surface area contributed by atoms with Crippen LogP contribution in [0.3, 0.4) is 0 Å². The fourth-order valence-electron chi connectivity index (χ4n) is 3.68. The molecule has 0 aliphatic heterocycles. The molecule has 0 atom stereocenters. The van der Waals surface area contributed by atoms with Gasteiger partial charge >= 0.3 is 6.18 Å². The number of amides is 1. The predicted octanol–water partition coefficient (Wildman–Crippen LogP) is 4.60. The zero-order chi connectivity index (χ0) is 26.3. The van der Waals surface area contributed by atoms with Crippen LogP contribution in [0.1, 0.15) is 30.0 Å². The lowest BCUT2D eigenvalue weighted by atomic mass is 10.0. The molecule has 0 aliphatic rings. The third-order valence-electron chi connectivity index (χ3n) is 5.57. The van der Waals surface area contributed by atoms with Crippen LogP contribution in [0.25, 0.3) is 11.3 Å². The second-order valence-electron chi connectivity index (χ2n) is 8.31. The number of aromatic nitrogens is 1. The minimum Gasteiger partial charge on any atom is -0.382 e. The van der Waals surface area contributed by atoms with Crippen molar-refractivity contribution in [2.24, 2.45) is 16.7 Å². The number of alkyl halides is 3. The maximum absolute atomic E-state index is 12.9. The summed E-state index contributed by atoms with van der Waals surface area (Å²) in [7, 11) is 0. The molecule has 0 fully saturated rings. The second kappa shape index (κ2) is 11.6. The van der Waals surface area contributed by atoms with Crippen molar-refractivity contribution in [3.63, 3.8) is 0 Å². The quantitative estimate of drug-likeness (QED) is 0.173. The number of nitrogens with zero attached hydrogens (tertiary/aromatic N) is 3. The first-order chi connectivity index (χ1) is 17.1. The molecule has 0 bridgehead atoms. The maximum atomic E-state index is 12.9. The molecule has 0 saturated carbocycles. The number of pyridine rings is 1. The molecule has 2 aromatic carbocycles. The van der Waals surface area contributed by atoms with Gasteiger partial charge < -0.3 is 21.8 Å². The summed E-state index contributed by atoms with van der Waals surface area (Å²) >= 11 is 0. The van der Waals surface area contributed by atoms with Crippen molar-refractivity contribution in [1.82, 2.24) is 4.98 Å². The average molecular weight is 499 g/mol. The van der Waals surface area contributed by atoms with Crippen molar-refractivity contribution in [2.45, 2.75) is 32.9 Å². The maximum Gasteiger partial charge on any atom is 0.390 e. The van der Waals surface area contributed by atoms with Crippen molar-refractivity contribution in [1.29, 1.82) is 0 Å². The van der Waals surface area contributed by atoms with E-state index in [1.807, 2.05) is 31.2 Å². The van der Waals surface area contributed by atoms with Gasteiger partial charge in [0.1, 0.15) is 5.82 Å². The van der Waals surface area contributed by atoms with E-state index in [9.17, 15) is 18.0 Å². The number of carbonyl (C=O) groups excluding carboxylic acids is 1. The van der Waals surface area contributed by atoms with Crippen molar-refractivity contribution in [3.05, 3.63) is 77.4 Å². The third kappa shape index (κ3) is 7.21. The van der Waals surface area contributed by atoms with E-state index in [1.165, 1.54) is 4.90 Å². The monoisotopic (exact) mass is 498 g/mol. The second-order valence-corrected chi connectivity index (χ2v) is 8.31. The summed E-state index contributed by atoms with van der Waals surface area (Å²) in [6, 6.07) is 17.8. The van der Waals surface area contributed by atoms with Crippen molar-refractivity contribution in [2.75, 3.05) is 23.3 Å². The van der Waals surface area contributed by atoms with Crippen molar-refractivity contribution in [3.8, 4) is 11.3 Å². The number of hydrogen-bond acceptors (Lipinski definition) is 5. The molecule has 1 aromatic heterocycles. The molecule has 7 nitrogen and oxygen atoms in total. The average Bonchev–Trinajstić information content (AvgIpc) is 2.84. The number of halogens is 3. The Bertz CT molecular complexity index is 1230. The number of anilines is 2. The Hall–Kier alpha value is -4.08. The van der Waals surface area contributed by atoms with Gasteiger partial charge in [0.05, 0.1) is 18.5 Å². The summed E-state index contributed by atoms with van der Waals surface area (Å²) in [6.07, 6.45) is -5.16. The number of benzene rings is 2. The summed E-state index contributed by atoms with van der Waals surface area (Å²) < 4.78 is 38.8. The molecule has 3 aromatic rings. The minimum absolute atomic E-state index is 0.0761. The first kappa shape index (κ1) is 26.5. The van der Waals surface area contributed by atoms with E-state index >= 15 is 0 Å². The van der Waals surface area contributed by atoms with Crippen LogP contribution in [0.15, 0.2) is 65.8 Å². The lowest BCUT2D eigenvalue weighted by Crippen LogP contribution is -2.29. The van der Waals surface area contributed by atoms with E-state index in [0.29, 0.717) is 28.3 Å². The summed E-state index contributed by atoms with van der Waals surface area (Å²) in [5, 5.41) is 6.42. The molecule has 0 aliphatic carbocycles. The normalized spacial score (nSPS) is 11.9. The fraction of sp³-hybridized carbons (Fsp3) is 0.269. The van der Waals surface area contributed by atoms with Gasteiger partial charge in [-0.2, -0.15) is 18.3 Å². The number of carbonyl (C=O) groups is 1. The standard InChI is InChI=1S/C26H29F3N6O/c1-3-35(13-12-26(27,28)29)23-16-19(32-24(36)14-18-10-8-17(2)9-11-18)15-22(33-23)20-6-4-5-7-21(20)25(30)34-31/h4-11,15-16H,3,12-14,31H2,1-2H3,(H2,30,34)(H,32,33,36). The van der Waals surface area contributed by atoms with Crippen LogP contribution in [0.2, 0.25) is 0 Å². The van der Waals surface area contributed by atoms with Gasteiger partial charge in [-0.1, -0.05) is 54.1 Å². The Balaban J connectivity index is 2.00. The Morgan fingerprint density at radius 3 is 2.44 bits per heavy atom. The molecule has 0 radical (unpaired) electrons. The van der Waals surface area contributed by atoms with Gasteiger partial charge in [-0.05, 0) is 25.5 Å². The smallest absolute Gasteiger partial charge is 0.382 e. The molecular formula is C26H29F3N6O. The van der Waals surface area contributed by atoms with E-state index < -0.39 is 12.6 Å². The van der Waals surface area contributed by atoms with Gasteiger partial charge in [-0.25, -0.2) is 4.98 Å². The lowest BCUT2D eigenvalue weighted by molar-refractivity contribution is -0.132. The van der Waals surface area contributed by atoms with Crippen LogP contribution in [-0.4, -0.2) is 36.0 Å². The van der Waals surface area contributed by atoms with Crippen LogP contribution in [-0.2, 0) is 11.2 Å². The van der Waals surface area contributed by atoms with Gasteiger partial charge in [0.25, 0.3) is 0 Å². The SMILES string of the molecule is CCN(CCC(F)(F)F)c1cc(NC(=O)Cc2ccc(C)cc2)cc(-c2ccccc2/C(N)=N/N)n1. The minimum atomic E-state index is -4.31. The largest absolute Gasteiger partial charge is 0.390 e. The molecule has 0 unspecified atom stereocenters. The van der Waals surface area contributed by atoms with Gasteiger partial charge in [-0.15, -0.1) is 0 Å². The van der Waals surface area contributed by atoms with Gasteiger partial charge in [0.15, 0.2) is 5.84 Å². The van der Waals surface area contributed by atoms with Crippen LogP contribution in [0, 0.1) is 6.92 Å². The van der Waals surface area contributed by atoms with Crippen LogP contribution < -0.4 is 21.8 Å². The Morgan fingerprint density at radius 1 is 1.11 bits per heavy atom. The van der Waals surface area contributed by atoms with Gasteiger partial charge in [0.2, 0.25) is 5.91 Å². The zero-order valence-electron chi connectivity index (χ0n) is 20.1. The molecule has 0 spiro atoms. The third-order valence-corrected chi connectivity index (χ3v) is 5.57. The highest BCUT2D eigenvalue weighted by atomic mass is 19.4. The molecule has 36 heavy (non-hydrogen) atoms. The Morgan fingerprint density at radius 2 is 1.81 bits per heavy atom. The predicted molar refractivity (Wildman–Crippen MR) is 137 cm³/mol. The summed E-state index contributed by atoms with van der Waals surface area (Å²) in [5.41, 5.74) is 9.78. The Labute approximate surface area is 208 Å². The van der Waals surface area contributed by atoms with Gasteiger partial charge in [-0.3, -0.25) is 4.79 Å². The highest BCUT2D eigenvalue weighted by Crippen LogP contribution is 2.29. The summed E-state index contributed by atoms with van der Waals surface area (Å²) in [5.74, 6) is 5.48. The van der Waals surface area contributed by atoms with E-state index in [2.05, 4.69) is 15.4 Å². The first-order valence-corrected chi connectivity index (χ1v) is 11.4. The molecule has 10 heteroatoms. The van der Waals surface area contributed by atoms with Crippen LogP contribution >= 0.6 is 0 Å². The van der Waals surface area contributed by atoms with Crippen LogP contribution in [0.5, 0.6) is 0 Å². The summed E-state index contributed by atoms with van der Waals surface area (Å²) in [4.78, 5) is 18.9. The highest BCUT2D eigenvalue weighted by Gasteiger charge is 2.28. The van der Waals surface area contributed by atoms with E-state index in [1.54, 1.807) is 43.3 Å². The van der Waals surface area contributed by atoms with Crippen molar-refractivity contribution >= 4 is 23.2 Å². The molecule has 1 heterocycles. The van der Waals surface area contributed by atoms with Crippen LogP contribution in [0.4, 0.5) is 24.7 Å². The Kier molecular flexibility index (Phi) is 8.52. The lowest BCUT2D eigenvalue weighted by Gasteiger charge is -2.24. The first-order valence-electron chi connectivity index (χ1n) is 11.4. The number of nitrogens with two attached hydrogens (primary N) is 2. The molecule has 1 amide bonds. The molecule has 190 valence electrons. The van der Waals surface area contributed by atoms with E-state index in [-0.39, 0.29) is 31.3 Å². The number of rotatable bonds is 9. The number of amidine groups is 1. The van der Waals surface area contributed by atoms with Gasteiger partial charge in [0, 0.05) is 36.0 Å². The number of aryl methyl sites for hydroxylation is 1. The zero-order valence-corrected chi connectivity index (χ0v) is 20.1. The molecular weight excluding hydrogens is 469 g/mol. The highest BCUT2D eigenvalue weighted by molar-refractivity contribution is 6.03. The number of nitrogens with one attached hydrogen (secondary N) is 1. The molecule has 5 N–H and O–H groups in total. The fourth-order valence-corrected chi connectivity index (χ4v) is 3.68. The molecule has 3 rings (SSSR count). The number of hydrazone groups is 1. The topological polar surface area (TPSA) is 110 Å².